The first-order chi connectivity index (χ1) is 16.4. The van der Waals surface area contributed by atoms with Crippen LogP contribution in [0.1, 0.15) is 12.5 Å². The van der Waals surface area contributed by atoms with Gasteiger partial charge in [-0.25, -0.2) is 8.42 Å². The van der Waals surface area contributed by atoms with Gasteiger partial charge in [-0.3, -0.25) is 9.10 Å². The van der Waals surface area contributed by atoms with Crippen molar-refractivity contribution in [3.05, 3.63) is 96.6 Å². The highest BCUT2D eigenvalue weighted by molar-refractivity contribution is 7.92. The van der Waals surface area contributed by atoms with E-state index in [1.807, 2.05) is 48.5 Å². The summed E-state index contributed by atoms with van der Waals surface area (Å²) in [5.74, 6) is 0.118. The van der Waals surface area contributed by atoms with Crippen molar-refractivity contribution in [1.82, 2.24) is 0 Å². The predicted octanol–water partition coefficient (Wildman–Crippen LogP) is 5.24. The third kappa shape index (κ3) is 4.75. The molecule has 0 spiro atoms. The Morgan fingerprint density at radius 3 is 2.35 bits per heavy atom. The van der Waals surface area contributed by atoms with Gasteiger partial charge in [0.25, 0.3) is 10.0 Å². The van der Waals surface area contributed by atoms with Crippen molar-refractivity contribution in [1.29, 1.82) is 0 Å². The zero-order chi connectivity index (χ0) is 24.1. The molecule has 0 bridgehead atoms. The average molecular weight is 475 g/mol. The number of nitrogens with zero attached hydrogens (tertiary/aromatic N) is 1. The fourth-order valence-electron chi connectivity index (χ4n) is 3.97. The van der Waals surface area contributed by atoms with Crippen LogP contribution in [0.25, 0.3) is 10.8 Å². The van der Waals surface area contributed by atoms with E-state index in [0.717, 1.165) is 16.3 Å². The van der Waals surface area contributed by atoms with Crippen LogP contribution < -0.4 is 14.4 Å². The molecule has 4 rings (SSSR count). The van der Waals surface area contributed by atoms with Crippen molar-refractivity contribution in [2.24, 2.45) is 0 Å². The molecule has 1 amide bonds. The topological polar surface area (TPSA) is 75.7 Å². The first-order valence-corrected chi connectivity index (χ1v) is 12.4. The number of para-hydroxylation sites is 1. The molecule has 0 atom stereocenters. The monoisotopic (exact) mass is 474 g/mol. The normalized spacial score (nSPS) is 11.2. The number of sulfonamides is 1. The molecule has 0 aliphatic heterocycles. The lowest BCUT2D eigenvalue weighted by molar-refractivity contribution is -0.115. The number of rotatable bonds is 8. The van der Waals surface area contributed by atoms with Gasteiger partial charge in [0, 0.05) is 6.54 Å². The van der Waals surface area contributed by atoms with Crippen molar-refractivity contribution >= 4 is 38.1 Å². The van der Waals surface area contributed by atoms with Gasteiger partial charge in [-0.1, -0.05) is 60.7 Å². The molecule has 0 saturated heterocycles. The molecule has 0 aliphatic rings. The third-order valence-corrected chi connectivity index (χ3v) is 7.49. The summed E-state index contributed by atoms with van der Waals surface area (Å²) >= 11 is 0. The van der Waals surface area contributed by atoms with Crippen molar-refractivity contribution < 1.29 is 17.9 Å². The summed E-state index contributed by atoms with van der Waals surface area (Å²) in [6, 6.07) is 27.1. The quantitative estimate of drug-likeness (QED) is 0.379. The van der Waals surface area contributed by atoms with E-state index < -0.39 is 10.0 Å². The van der Waals surface area contributed by atoms with Crippen LogP contribution in [-0.4, -0.2) is 28.0 Å². The highest BCUT2D eigenvalue weighted by Crippen LogP contribution is 2.31. The maximum Gasteiger partial charge on any atom is 0.264 e. The summed E-state index contributed by atoms with van der Waals surface area (Å²) in [5.41, 5.74) is 1.76. The van der Waals surface area contributed by atoms with Gasteiger partial charge in [-0.15, -0.1) is 0 Å². The van der Waals surface area contributed by atoms with Gasteiger partial charge in [0.1, 0.15) is 5.75 Å². The maximum absolute atomic E-state index is 13.4. The Bertz CT molecular complexity index is 1410. The standard InChI is InChI=1S/C27H26N2O4S/c1-3-29(22-13-5-4-6-14-22)34(31,32)23-16-17-26(33-2)25(19-23)28-27(30)18-21-12-9-11-20-10-7-8-15-24(20)21/h4-17,19H,3,18H2,1-2H3,(H,28,30). The minimum Gasteiger partial charge on any atom is -0.495 e. The first kappa shape index (κ1) is 23.3. The Kier molecular flexibility index (Phi) is 6.84. The van der Waals surface area contributed by atoms with Gasteiger partial charge in [0.2, 0.25) is 5.91 Å². The molecule has 0 saturated carbocycles. The van der Waals surface area contributed by atoms with Gasteiger partial charge in [-0.2, -0.15) is 0 Å². The molecule has 6 nitrogen and oxygen atoms in total. The highest BCUT2D eigenvalue weighted by atomic mass is 32.2. The summed E-state index contributed by atoms with van der Waals surface area (Å²) in [6.07, 6.45) is 0.145. The molecule has 0 radical (unpaired) electrons. The van der Waals surface area contributed by atoms with Crippen LogP contribution in [0.4, 0.5) is 11.4 Å². The maximum atomic E-state index is 13.4. The lowest BCUT2D eigenvalue weighted by Crippen LogP contribution is -2.30. The fourth-order valence-corrected chi connectivity index (χ4v) is 5.47. The van der Waals surface area contributed by atoms with E-state index in [1.165, 1.54) is 23.5 Å². The summed E-state index contributed by atoms with van der Waals surface area (Å²) < 4.78 is 33.5. The van der Waals surface area contributed by atoms with E-state index in [-0.39, 0.29) is 23.8 Å². The summed E-state index contributed by atoms with van der Waals surface area (Å²) in [7, 11) is -2.37. The summed E-state index contributed by atoms with van der Waals surface area (Å²) in [6.45, 7) is 2.04. The summed E-state index contributed by atoms with van der Waals surface area (Å²) in [4.78, 5) is 13.0. The second kappa shape index (κ2) is 9.97. The van der Waals surface area contributed by atoms with Gasteiger partial charge < -0.3 is 10.1 Å². The lowest BCUT2D eigenvalue weighted by Gasteiger charge is -2.23. The molecule has 0 heterocycles. The second-order valence-corrected chi connectivity index (χ2v) is 9.59. The van der Waals surface area contributed by atoms with E-state index in [9.17, 15) is 13.2 Å². The van der Waals surface area contributed by atoms with E-state index in [2.05, 4.69) is 5.32 Å². The van der Waals surface area contributed by atoms with Crippen LogP contribution >= 0.6 is 0 Å². The van der Waals surface area contributed by atoms with Gasteiger partial charge in [-0.05, 0) is 53.6 Å². The largest absolute Gasteiger partial charge is 0.495 e. The molecule has 4 aromatic rings. The van der Waals surface area contributed by atoms with Crippen LogP contribution in [0.3, 0.4) is 0 Å². The van der Waals surface area contributed by atoms with E-state index in [1.54, 1.807) is 37.3 Å². The van der Waals surface area contributed by atoms with Crippen LogP contribution in [0.2, 0.25) is 0 Å². The Hall–Kier alpha value is -3.84. The third-order valence-electron chi connectivity index (χ3n) is 5.60. The van der Waals surface area contributed by atoms with Gasteiger partial charge in [0.05, 0.1) is 29.8 Å². The number of ether oxygens (including phenoxy) is 1. The first-order valence-electron chi connectivity index (χ1n) is 11.0. The molecule has 0 aromatic heterocycles. The van der Waals surface area contributed by atoms with Crippen LogP contribution in [0.5, 0.6) is 5.75 Å². The van der Waals surface area contributed by atoms with E-state index >= 15 is 0 Å². The number of hydrogen-bond acceptors (Lipinski definition) is 4. The molecule has 1 N–H and O–H groups in total. The molecule has 34 heavy (non-hydrogen) atoms. The number of nitrogens with one attached hydrogen (secondary N) is 1. The predicted molar refractivity (Wildman–Crippen MR) is 136 cm³/mol. The van der Waals surface area contributed by atoms with Crippen LogP contribution in [0.15, 0.2) is 95.9 Å². The highest BCUT2D eigenvalue weighted by Gasteiger charge is 2.25. The van der Waals surface area contributed by atoms with E-state index in [0.29, 0.717) is 17.1 Å². The second-order valence-electron chi connectivity index (χ2n) is 7.73. The molecule has 0 fully saturated rings. The number of carbonyl (C=O) groups excluding carboxylic acids is 1. The molecule has 0 unspecified atom stereocenters. The number of benzene rings is 4. The molecule has 0 aliphatic carbocycles. The van der Waals surface area contributed by atoms with Gasteiger partial charge >= 0.3 is 0 Å². The Balaban J connectivity index is 1.63. The number of carbonyl (C=O) groups is 1. The fraction of sp³-hybridized carbons (Fsp3) is 0.148. The van der Waals surface area contributed by atoms with Crippen molar-refractivity contribution in [3.8, 4) is 5.75 Å². The Morgan fingerprint density at radius 1 is 0.912 bits per heavy atom. The Morgan fingerprint density at radius 2 is 1.62 bits per heavy atom. The molecule has 4 aromatic carbocycles. The number of methoxy groups -OCH3 is 1. The minimum absolute atomic E-state index is 0.0689. The molecular formula is C27H26N2O4S. The molecular weight excluding hydrogens is 448 g/mol. The number of hydrogen-bond donors (Lipinski definition) is 1. The zero-order valence-electron chi connectivity index (χ0n) is 19.1. The van der Waals surface area contributed by atoms with Gasteiger partial charge in [0.15, 0.2) is 0 Å². The summed E-state index contributed by atoms with van der Waals surface area (Å²) in [5, 5.41) is 4.90. The number of fused-ring (bicyclic) bond motifs is 1. The average Bonchev–Trinajstić information content (AvgIpc) is 2.85. The minimum atomic E-state index is -3.85. The smallest absolute Gasteiger partial charge is 0.264 e. The lowest BCUT2D eigenvalue weighted by atomic mass is 10.0. The molecule has 7 heteroatoms. The van der Waals surface area contributed by atoms with Crippen molar-refractivity contribution in [2.75, 3.05) is 23.3 Å². The SMILES string of the molecule is CCN(c1ccccc1)S(=O)(=O)c1ccc(OC)c(NC(=O)Cc2cccc3ccccc23)c1. The van der Waals surface area contributed by atoms with Crippen molar-refractivity contribution in [3.63, 3.8) is 0 Å². The zero-order valence-corrected chi connectivity index (χ0v) is 19.9. The Labute approximate surface area is 199 Å². The number of amides is 1. The number of anilines is 2. The molecule has 174 valence electrons. The van der Waals surface area contributed by atoms with Crippen LogP contribution in [0, 0.1) is 0 Å². The van der Waals surface area contributed by atoms with Crippen molar-refractivity contribution in [2.45, 2.75) is 18.2 Å². The van der Waals surface area contributed by atoms with E-state index in [4.69, 9.17) is 4.74 Å². The van der Waals surface area contributed by atoms with Crippen LogP contribution in [-0.2, 0) is 21.2 Å².